The van der Waals surface area contributed by atoms with E-state index in [0.717, 1.165) is 22.3 Å². The number of benzene rings is 2. The maximum absolute atomic E-state index is 13.2. The van der Waals surface area contributed by atoms with Crippen molar-refractivity contribution in [3.63, 3.8) is 0 Å². The highest BCUT2D eigenvalue weighted by atomic mass is 16.5. The van der Waals surface area contributed by atoms with Gasteiger partial charge in [0.2, 0.25) is 11.7 Å². The molecule has 3 aromatic rings. The van der Waals surface area contributed by atoms with Gasteiger partial charge < -0.3 is 19.1 Å². The van der Waals surface area contributed by atoms with Gasteiger partial charge in [0.05, 0.1) is 21.3 Å². The number of hydrogen-bond acceptors (Lipinski definition) is 5. The molecule has 0 aliphatic carbocycles. The van der Waals surface area contributed by atoms with Crippen LogP contribution < -0.4 is 14.2 Å². The fourth-order valence-electron chi connectivity index (χ4n) is 3.39. The first kappa shape index (κ1) is 22.9. The molecule has 0 aliphatic heterocycles. The van der Waals surface area contributed by atoms with Crippen molar-refractivity contribution in [3.8, 4) is 17.2 Å². The van der Waals surface area contributed by atoms with E-state index in [-0.39, 0.29) is 5.91 Å². The summed E-state index contributed by atoms with van der Waals surface area (Å²) in [6.07, 6.45) is 6.82. The molecule has 32 heavy (non-hydrogen) atoms. The van der Waals surface area contributed by atoms with Gasteiger partial charge in [0, 0.05) is 31.6 Å². The largest absolute Gasteiger partial charge is 0.493 e. The molecule has 1 amide bonds. The first-order valence-electron chi connectivity index (χ1n) is 10.3. The van der Waals surface area contributed by atoms with Crippen molar-refractivity contribution in [2.24, 2.45) is 0 Å². The number of aromatic nitrogens is 1. The molecule has 6 nitrogen and oxygen atoms in total. The third-order valence-corrected chi connectivity index (χ3v) is 5.14. The number of aryl methyl sites for hydroxylation is 1. The monoisotopic (exact) mass is 432 g/mol. The number of pyridine rings is 1. The average molecular weight is 433 g/mol. The minimum Gasteiger partial charge on any atom is -0.493 e. The summed E-state index contributed by atoms with van der Waals surface area (Å²) in [7, 11) is 4.68. The SMILES string of the molecule is COc1cc(C=CC(=O)N(Cc2cccnc2)Cc2ccccc2C)cc(OC)c1OC. The van der Waals surface area contributed by atoms with Crippen LogP contribution in [0.2, 0.25) is 0 Å². The molecule has 166 valence electrons. The highest BCUT2D eigenvalue weighted by Gasteiger charge is 2.15. The highest BCUT2D eigenvalue weighted by molar-refractivity contribution is 5.92. The third-order valence-electron chi connectivity index (χ3n) is 5.14. The van der Waals surface area contributed by atoms with E-state index in [9.17, 15) is 4.79 Å². The second kappa shape index (κ2) is 11.0. The fraction of sp³-hybridized carbons (Fsp3) is 0.231. The Labute approximate surface area is 189 Å². The number of ether oxygens (including phenoxy) is 3. The molecule has 0 bridgehead atoms. The Morgan fingerprint density at radius 2 is 1.69 bits per heavy atom. The van der Waals surface area contributed by atoms with Crippen molar-refractivity contribution in [3.05, 3.63) is 89.3 Å². The second-order valence-electron chi connectivity index (χ2n) is 7.27. The van der Waals surface area contributed by atoms with Crippen LogP contribution in [-0.2, 0) is 17.9 Å². The van der Waals surface area contributed by atoms with Gasteiger partial charge in [-0.3, -0.25) is 9.78 Å². The first-order valence-corrected chi connectivity index (χ1v) is 10.3. The molecular weight excluding hydrogens is 404 g/mol. The van der Waals surface area contributed by atoms with Gasteiger partial charge in [-0.25, -0.2) is 0 Å². The zero-order valence-electron chi connectivity index (χ0n) is 18.9. The lowest BCUT2D eigenvalue weighted by atomic mass is 10.1. The molecule has 3 rings (SSSR count). The van der Waals surface area contributed by atoms with E-state index in [2.05, 4.69) is 4.98 Å². The Hall–Kier alpha value is -3.80. The summed E-state index contributed by atoms with van der Waals surface area (Å²) in [6.45, 7) is 3.01. The van der Waals surface area contributed by atoms with Gasteiger partial charge in [-0.2, -0.15) is 0 Å². The van der Waals surface area contributed by atoms with Gasteiger partial charge in [-0.05, 0) is 53.5 Å². The summed E-state index contributed by atoms with van der Waals surface area (Å²) >= 11 is 0. The Morgan fingerprint density at radius 1 is 0.969 bits per heavy atom. The minimum atomic E-state index is -0.106. The van der Waals surface area contributed by atoms with Crippen molar-refractivity contribution >= 4 is 12.0 Å². The van der Waals surface area contributed by atoms with Gasteiger partial charge in [0.15, 0.2) is 11.5 Å². The minimum absolute atomic E-state index is 0.106. The predicted octanol–water partition coefficient (Wildman–Crippen LogP) is 4.66. The van der Waals surface area contributed by atoms with Crippen LogP contribution in [0.4, 0.5) is 0 Å². The summed E-state index contributed by atoms with van der Waals surface area (Å²) in [6, 6.07) is 15.5. The lowest BCUT2D eigenvalue weighted by Crippen LogP contribution is -2.28. The molecule has 0 atom stereocenters. The predicted molar refractivity (Wildman–Crippen MR) is 125 cm³/mol. The summed E-state index contributed by atoms with van der Waals surface area (Å²) in [4.78, 5) is 19.2. The van der Waals surface area contributed by atoms with Crippen LogP contribution in [0.3, 0.4) is 0 Å². The Kier molecular flexibility index (Phi) is 7.86. The van der Waals surface area contributed by atoms with Crippen LogP contribution in [0.15, 0.2) is 67.0 Å². The Bertz CT molecular complexity index is 1060. The molecule has 0 saturated carbocycles. The number of carbonyl (C=O) groups is 1. The van der Waals surface area contributed by atoms with E-state index in [1.807, 2.05) is 43.3 Å². The van der Waals surface area contributed by atoms with Gasteiger partial charge in [0.25, 0.3) is 0 Å². The van der Waals surface area contributed by atoms with Gasteiger partial charge in [0.1, 0.15) is 0 Å². The van der Waals surface area contributed by atoms with Crippen LogP contribution in [0.1, 0.15) is 22.3 Å². The summed E-state index contributed by atoms with van der Waals surface area (Å²) in [5, 5.41) is 0. The second-order valence-corrected chi connectivity index (χ2v) is 7.27. The zero-order chi connectivity index (χ0) is 22.9. The number of hydrogen-bond donors (Lipinski definition) is 0. The smallest absolute Gasteiger partial charge is 0.247 e. The fourth-order valence-corrected chi connectivity index (χ4v) is 3.39. The lowest BCUT2D eigenvalue weighted by Gasteiger charge is -2.22. The van der Waals surface area contributed by atoms with E-state index in [1.54, 1.807) is 62.9 Å². The molecule has 0 radical (unpaired) electrons. The van der Waals surface area contributed by atoms with E-state index in [1.165, 1.54) is 0 Å². The van der Waals surface area contributed by atoms with E-state index in [0.29, 0.717) is 30.3 Å². The van der Waals surface area contributed by atoms with Crippen molar-refractivity contribution in [1.29, 1.82) is 0 Å². The number of carbonyl (C=O) groups excluding carboxylic acids is 1. The highest BCUT2D eigenvalue weighted by Crippen LogP contribution is 2.38. The molecule has 6 heteroatoms. The number of nitrogens with zero attached hydrogens (tertiary/aromatic N) is 2. The molecular formula is C26H28N2O4. The molecule has 0 fully saturated rings. The molecule has 1 aromatic heterocycles. The normalized spacial score (nSPS) is 10.8. The number of amides is 1. The van der Waals surface area contributed by atoms with Gasteiger partial charge in [-0.1, -0.05) is 30.3 Å². The standard InChI is InChI=1S/C26H28N2O4/c1-19-8-5-6-10-22(19)18-28(17-21-9-7-13-27-16-21)25(29)12-11-20-14-23(30-2)26(32-4)24(15-20)31-3/h5-16H,17-18H2,1-4H3. The third kappa shape index (κ3) is 5.66. The first-order chi connectivity index (χ1) is 15.5. The maximum Gasteiger partial charge on any atom is 0.247 e. The van der Waals surface area contributed by atoms with E-state index < -0.39 is 0 Å². The average Bonchev–Trinajstić information content (AvgIpc) is 2.83. The topological polar surface area (TPSA) is 60.9 Å². The quantitative estimate of drug-likeness (QED) is 0.460. The van der Waals surface area contributed by atoms with Crippen LogP contribution >= 0.6 is 0 Å². The summed E-state index contributed by atoms with van der Waals surface area (Å²) in [5.41, 5.74) is 3.98. The maximum atomic E-state index is 13.2. The van der Waals surface area contributed by atoms with Crippen molar-refractivity contribution < 1.29 is 19.0 Å². The van der Waals surface area contributed by atoms with Crippen molar-refractivity contribution in [2.45, 2.75) is 20.0 Å². The molecule has 2 aromatic carbocycles. The summed E-state index contributed by atoms with van der Waals surface area (Å²) in [5.74, 6) is 1.47. The molecule has 0 aliphatic rings. The van der Waals surface area contributed by atoms with Crippen LogP contribution in [0.25, 0.3) is 6.08 Å². The zero-order valence-corrected chi connectivity index (χ0v) is 18.9. The van der Waals surface area contributed by atoms with Crippen LogP contribution in [-0.4, -0.2) is 37.1 Å². The van der Waals surface area contributed by atoms with Crippen molar-refractivity contribution in [2.75, 3.05) is 21.3 Å². The van der Waals surface area contributed by atoms with E-state index >= 15 is 0 Å². The van der Waals surface area contributed by atoms with Gasteiger partial charge in [-0.15, -0.1) is 0 Å². The molecule has 0 N–H and O–H groups in total. The van der Waals surface area contributed by atoms with E-state index in [4.69, 9.17) is 14.2 Å². The summed E-state index contributed by atoms with van der Waals surface area (Å²) < 4.78 is 16.2. The van der Waals surface area contributed by atoms with Crippen molar-refractivity contribution in [1.82, 2.24) is 9.88 Å². The molecule has 1 heterocycles. The molecule has 0 unspecified atom stereocenters. The molecule has 0 saturated heterocycles. The Balaban J connectivity index is 1.87. The lowest BCUT2D eigenvalue weighted by molar-refractivity contribution is -0.127. The molecule has 0 spiro atoms. The Morgan fingerprint density at radius 3 is 2.28 bits per heavy atom. The number of methoxy groups -OCH3 is 3. The van der Waals surface area contributed by atoms with Crippen LogP contribution in [0.5, 0.6) is 17.2 Å². The van der Waals surface area contributed by atoms with Crippen LogP contribution in [0, 0.1) is 6.92 Å². The van der Waals surface area contributed by atoms with Gasteiger partial charge >= 0.3 is 0 Å². The number of rotatable bonds is 9.